The van der Waals surface area contributed by atoms with Gasteiger partial charge in [-0.15, -0.1) is 5.10 Å². The summed E-state index contributed by atoms with van der Waals surface area (Å²) in [5.41, 5.74) is 7.37. The molecule has 0 unspecified atom stereocenters. The molecule has 9 heteroatoms. The molecule has 0 aliphatic rings. The average molecular weight is 407 g/mol. The van der Waals surface area contributed by atoms with Gasteiger partial charge in [0.25, 0.3) is 0 Å². The van der Waals surface area contributed by atoms with E-state index >= 15 is 0 Å². The molecular weight excluding hydrogens is 387 g/mol. The van der Waals surface area contributed by atoms with Gasteiger partial charge in [0.15, 0.2) is 6.61 Å². The lowest BCUT2D eigenvalue weighted by Gasteiger charge is -2.09. The lowest BCUT2D eigenvalue weighted by molar-refractivity contribution is -0.154. The fraction of sp³-hybridized carbons (Fsp3) is 0.250. The second kappa shape index (κ2) is 8.87. The van der Waals surface area contributed by atoms with Gasteiger partial charge in [0.05, 0.1) is 18.5 Å². The van der Waals surface area contributed by atoms with Gasteiger partial charge in [-0.05, 0) is 48.5 Å². The fourth-order valence-corrected chi connectivity index (χ4v) is 2.61. The first-order chi connectivity index (χ1) is 13.9. The Bertz CT molecular complexity index is 923. The van der Waals surface area contributed by atoms with Crippen molar-refractivity contribution in [1.29, 1.82) is 0 Å². The van der Waals surface area contributed by atoms with Gasteiger partial charge in [-0.3, -0.25) is 0 Å². The van der Waals surface area contributed by atoms with Gasteiger partial charge in [-0.1, -0.05) is 0 Å². The van der Waals surface area contributed by atoms with Crippen LogP contribution in [0.4, 0.5) is 13.2 Å². The van der Waals surface area contributed by atoms with Crippen LogP contribution in [0.1, 0.15) is 0 Å². The number of alkyl halides is 3. The molecule has 1 heterocycles. The normalized spacial score (nSPS) is 11.3. The molecule has 0 atom stereocenters. The van der Waals surface area contributed by atoms with Crippen LogP contribution in [0.25, 0.3) is 16.9 Å². The molecule has 2 N–H and O–H groups in total. The van der Waals surface area contributed by atoms with E-state index in [1.165, 1.54) is 10.7 Å². The molecule has 0 saturated heterocycles. The van der Waals surface area contributed by atoms with Crippen molar-refractivity contribution in [2.24, 2.45) is 5.73 Å². The molecule has 1 aromatic heterocycles. The predicted octanol–water partition coefficient (Wildman–Crippen LogP) is 3.83. The van der Waals surface area contributed by atoms with E-state index in [0.29, 0.717) is 36.0 Å². The molecule has 2 aromatic carbocycles. The highest BCUT2D eigenvalue weighted by Gasteiger charge is 2.29. The Morgan fingerprint density at radius 3 is 2.21 bits per heavy atom. The highest BCUT2D eigenvalue weighted by atomic mass is 19.4. The first kappa shape index (κ1) is 20.5. The smallest absolute Gasteiger partial charge is 0.422 e. The number of ether oxygens (including phenoxy) is 3. The molecular formula is C20H20F3N3O3. The zero-order chi connectivity index (χ0) is 20.9. The van der Waals surface area contributed by atoms with Crippen LogP contribution in [0.3, 0.4) is 0 Å². The van der Waals surface area contributed by atoms with Crippen molar-refractivity contribution >= 4 is 0 Å². The van der Waals surface area contributed by atoms with E-state index in [9.17, 15) is 13.2 Å². The number of methoxy groups -OCH3 is 1. The maximum absolute atomic E-state index is 12.5. The summed E-state index contributed by atoms with van der Waals surface area (Å²) in [4.78, 5) is 0. The summed E-state index contributed by atoms with van der Waals surface area (Å²) in [6, 6.07) is 15.5. The van der Waals surface area contributed by atoms with Crippen molar-refractivity contribution in [2.45, 2.75) is 6.18 Å². The summed E-state index contributed by atoms with van der Waals surface area (Å²) in [6.45, 7) is -0.637. The summed E-state index contributed by atoms with van der Waals surface area (Å²) < 4.78 is 54.5. The number of rotatable bonds is 8. The van der Waals surface area contributed by atoms with Crippen LogP contribution >= 0.6 is 0 Å². The summed E-state index contributed by atoms with van der Waals surface area (Å²) in [5, 5.41) is 4.19. The van der Waals surface area contributed by atoms with Gasteiger partial charge >= 0.3 is 6.18 Å². The minimum Gasteiger partial charge on any atom is -0.497 e. The van der Waals surface area contributed by atoms with Crippen molar-refractivity contribution in [3.63, 3.8) is 0 Å². The first-order valence-electron chi connectivity index (χ1n) is 8.77. The van der Waals surface area contributed by atoms with E-state index in [4.69, 9.17) is 19.9 Å². The lowest BCUT2D eigenvalue weighted by Crippen LogP contribution is -2.19. The summed E-state index contributed by atoms with van der Waals surface area (Å²) in [5.74, 6) is 1.16. The molecule has 29 heavy (non-hydrogen) atoms. The van der Waals surface area contributed by atoms with Crippen molar-refractivity contribution in [3.05, 3.63) is 54.6 Å². The summed E-state index contributed by atoms with van der Waals surface area (Å²) >= 11 is 0. The molecule has 3 rings (SSSR count). The minimum absolute atomic E-state index is 0.128. The molecule has 3 aromatic rings. The topological polar surface area (TPSA) is 71.5 Å². The predicted molar refractivity (Wildman–Crippen MR) is 102 cm³/mol. The van der Waals surface area contributed by atoms with Crippen molar-refractivity contribution < 1.29 is 27.4 Å². The molecule has 0 spiro atoms. The van der Waals surface area contributed by atoms with Crippen LogP contribution in [-0.4, -0.2) is 42.8 Å². The van der Waals surface area contributed by atoms with Gasteiger partial charge < -0.3 is 19.9 Å². The van der Waals surface area contributed by atoms with Crippen molar-refractivity contribution in [1.82, 2.24) is 9.78 Å². The number of hydrogen-bond donors (Lipinski definition) is 1. The van der Waals surface area contributed by atoms with Crippen LogP contribution in [0, 0.1) is 0 Å². The molecule has 0 aliphatic carbocycles. The van der Waals surface area contributed by atoms with Gasteiger partial charge in [-0.2, -0.15) is 13.2 Å². The van der Waals surface area contributed by atoms with E-state index < -0.39 is 12.8 Å². The van der Waals surface area contributed by atoms with Crippen LogP contribution in [0.2, 0.25) is 0 Å². The van der Waals surface area contributed by atoms with Gasteiger partial charge in [0.2, 0.25) is 5.88 Å². The zero-order valence-corrected chi connectivity index (χ0v) is 15.6. The Labute approximate surface area is 165 Å². The molecule has 0 fully saturated rings. The molecule has 154 valence electrons. The summed E-state index contributed by atoms with van der Waals surface area (Å²) in [6.07, 6.45) is -4.45. The number of nitrogens with two attached hydrogens (primary N) is 1. The Morgan fingerprint density at radius 1 is 0.966 bits per heavy atom. The van der Waals surface area contributed by atoms with Crippen LogP contribution in [0.15, 0.2) is 54.6 Å². The van der Waals surface area contributed by atoms with Crippen LogP contribution < -0.4 is 19.9 Å². The van der Waals surface area contributed by atoms with E-state index in [0.717, 1.165) is 5.56 Å². The van der Waals surface area contributed by atoms with Gasteiger partial charge in [-0.25, -0.2) is 4.68 Å². The molecule has 0 aliphatic heterocycles. The number of nitrogens with zero attached hydrogens (tertiary/aromatic N) is 2. The molecule has 0 amide bonds. The van der Waals surface area contributed by atoms with Crippen LogP contribution in [-0.2, 0) is 0 Å². The molecule has 0 saturated carbocycles. The summed E-state index contributed by atoms with van der Waals surface area (Å²) in [7, 11) is 1.55. The van der Waals surface area contributed by atoms with Crippen molar-refractivity contribution in [2.75, 3.05) is 26.9 Å². The second-order valence-electron chi connectivity index (χ2n) is 6.04. The Morgan fingerprint density at radius 2 is 1.62 bits per heavy atom. The third-order valence-corrected chi connectivity index (χ3v) is 3.92. The molecule has 6 nitrogen and oxygen atoms in total. The third kappa shape index (κ3) is 5.41. The van der Waals surface area contributed by atoms with Gasteiger partial charge in [0.1, 0.15) is 18.1 Å². The Kier molecular flexibility index (Phi) is 6.28. The highest BCUT2D eigenvalue weighted by molar-refractivity contribution is 5.64. The number of benzene rings is 2. The van der Waals surface area contributed by atoms with Gasteiger partial charge in [0, 0.05) is 18.2 Å². The fourth-order valence-electron chi connectivity index (χ4n) is 2.61. The van der Waals surface area contributed by atoms with Crippen molar-refractivity contribution in [3.8, 4) is 34.3 Å². The standard InChI is InChI=1S/C20H20F3N3O3/c1-27-16-8-4-15(5-9-16)26-18(12-19(25-26)29-13-20(21,22)23)14-2-6-17(7-3-14)28-11-10-24/h2-9,12H,10-11,13,24H2,1H3. The maximum atomic E-state index is 12.5. The van der Waals surface area contributed by atoms with Crippen LogP contribution in [0.5, 0.6) is 17.4 Å². The largest absolute Gasteiger partial charge is 0.497 e. The minimum atomic E-state index is -4.45. The quantitative estimate of drug-likeness (QED) is 0.615. The molecule has 0 bridgehead atoms. The zero-order valence-electron chi connectivity index (χ0n) is 15.6. The van der Waals surface area contributed by atoms with E-state index in [-0.39, 0.29) is 5.88 Å². The lowest BCUT2D eigenvalue weighted by atomic mass is 10.1. The Hall–Kier alpha value is -3.20. The number of hydrogen-bond acceptors (Lipinski definition) is 5. The average Bonchev–Trinajstić information content (AvgIpc) is 3.15. The SMILES string of the molecule is COc1ccc(-n2nc(OCC(F)(F)F)cc2-c2ccc(OCCN)cc2)cc1. The highest BCUT2D eigenvalue weighted by Crippen LogP contribution is 2.30. The van der Waals surface area contributed by atoms with E-state index in [1.807, 2.05) is 0 Å². The second-order valence-corrected chi connectivity index (χ2v) is 6.04. The first-order valence-corrected chi connectivity index (χ1v) is 8.77. The number of aromatic nitrogens is 2. The van der Waals surface area contributed by atoms with E-state index in [1.54, 1.807) is 55.6 Å². The van der Waals surface area contributed by atoms with E-state index in [2.05, 4.69) is 5.10 Å². The third-order valence-electron chi connectivity index (χ3n) is 3.92. The molecule has 0 radical (unpaired) electrons. The Balaban J connectivity index is 1.95. The number of halogens is 3. The maximum Gasteiger partial charge on any atom is 0.422 e. The monoisotopic (exact) mass is 407 g/mol.